The van der Waals surface area contributed by atoms with Crippen molar-refractivity contribution in [2.75, 3.05) is 13.2 Å². The number of aliphatic imine (C=N–C) groups is 1. The summed E-state index contributed by atoms with van der Waals surface area (Å²) in [5.74, 6) is 0. The molecule has 4 heteroatoms. The lowest BCUT2D eigenvalue weighted by atomic mass is 10.2. The van der Waals surface area contributed by atoms with E-state index in [2.05, 4.69) is 4.99 Å². The van der Waals surface area contributed by atoms with E-state index < -0.39 is 4.65 Å². The number of hydrogen-bond acceptors (Lipinski definition) is 3. The highest BCUT2D eigenvalue weighted by Gasteiger charge is 2.26. The van der Waals surface area contributed by atoms with Crippen molar-refractivity contribution in [1.82, 2.24) is 4.65 Å². The number of aliphatic hydroxyl groups is 1. The standard InChI is InChI=1S/C9H10N2O2/c12-6-5-11(13)7-10-8-3-1-2-4-9(8)11/h1-4,7,12H,5-6H2. The van der Waals surface area contributed by atoms with Crippen LogP contribution in [0.25, 0.3) is 0 Å². The van der Waals surface area contributed by atoms with Gasteiger partial charge in [0.2, 0.25) is 0 Å². The van der Waals surface area contributed by atoms with Crippen molar-refractivity contribution in [3.8, 4) is 0 Å². The minimum absolute atomic E-state index is 0.126. The van der Waals surface area contributed by atoms with Crippen molar-refractivity contribution in [3.63, 3.8) is 0 Å². The SMILES string of the molecule is [O-][N+]1(CCO)C=Nc2ccccc21. The van der Waals surface area contributed by atoms with E-state index in [0.717, 1.165) is 0 Å². The molecule has 1 aliphatic rings. The van der Waals surface area contributed by atoms with Crippen molar-refractivity contribution >= 4 is 17.7 Å². The van der Waals surface area contributed by atoms with Crippen LogP contribution in [0.2, 0.25) is 0 Å². The molecule has 68 valence electrons. The number of aliphatic hydroxyl groups excluding tert-OH is 1. The Morgan fingerprint density at radius 3 is 2.92 bits per heavy atom. The van der Waals surface area contributed by atoms with Gasteiger partial charge in [0.05, 0.1) is 6.61 Å². The molecule has 1 N–H and O–H groups in total. The predicted molar refractivity (Wildman–Crippen MR) is 51.7 cm³/mol. The van der Waals surface area contributed by atoms with E-state index in [0.29, 0.717) is 11.4 Å². The Hall–Kier alpha value is -1.23. The van der Waals surface area contributed by atoms with Gasteiger partial charge in [-0.2, -0.15) is 4.99 Å². The topological polar surface area (TPSA) is 55.6 Å². The number of rotatable bonds is 2. The largest absolute Gasteiger partial charge is 0.621 e. The van der Waals surface area contributed by atoms with Gasteiger partial charge in [0, 0.05) is 6.07 Å². The molecular formula is C9H10N2O2. The second kappa shape index (κ2) is 2.92. The third-order valence-corrected chi connectivity index (χ3v) is 2.11. The number of fused-ring (bicyclic) bond motifs is 1. The van der Waals surface area contributed by atoms with E-state index >= 15 is 0 Å². The molecule has 13 heavy (non-hydrogen) atoms. The summed E-state index contributed by atoms with van der Waals surface area (Å²) in [6.07, 6.45) is 1.32. The van der Waals surface area contributed by atoms with Crippen LogP contribution >= 0.6 is 0 Å². The van der Waals surface area contributed by atoms with Crippen LogP contribution in [-0.4, -0.2) is 24.6 Å². The van der Waals surface area contributed by atoms with Crippen LogP contribution in [0, 0.1) is 5.21 Å². The summed E-state index contributed by atoms with van der Waals surface area (Å²) >= 11 is 0. The van der Waals surface area contributed by atoms with Gasteiger partial charge in [-0.05, 0) is 6.07 Å². The van der Waals surface area contributed by atoms with Gasteiger partial charge in [-0.25, -0.2) is 0 Å². The van der Waals surface area contributed by atoms with Crippen LogP contribution in [0.15, 0.2) is 29.3 Å². The highest BCUT2D eigenvalue weighted by atomic mass is 16.5. The maximum Gasteiger partial charge on any atom is 0.196 e. The lowest BCUT2D eigenvalue weighted by molar-refractivity contribution is 0.274. The molecule has 0 fully saturated rings. The zero-order valence-electron chi connectivity index (χ0n) is 7.05. The fourth-order valence-corrected chi connectivity index (χ4v) is 1.44. The van der Waals surface area contributed by atoms with E-state index in [9.17, 15) is 5.21 Å². The molecule has 1 heterocycles. The van der Waals surface area contributed by atoms with Gasteiger partial charge < -0.3 is 10.3 Å². The first-order valence-electron chi connectivity index (χ1n) is 4.11. The molecular weight excluding hydrogens is 168 g/mol. The van der Waals surface area contributed by atoms with E-state index in [1.807, 2.05) is 6.07 Å². The third kappa shape index (κ3) is 1.25. The van der Waals surface area contributed by atoms with E-state index in [1.54, 1.807) is 18.2 Å². The molecule has 1 aliphatic heterocycles. The Labute approximate surface area is 75.9 Å². The smallest absolute Gasteiger partial charge is 0.196 e. The Morgan fingerprint density at radius 2 is 2.15 bits per heavy atom. The van der Waals surface area contributed by atoms with Gasteiger partial charge in [-0.15, -0.1) is 0 Å². The van der Waals surface area contributed by atoms with Crippen LogP contribution in [0.4, 0.5) is 11.4 Å². The van der Waals surface area contributed by atoms with Crippen molar-refractivity contribution in [2.24, 2.45) is 4.99 Å². The number of benzene rings is 1. The summed E-state index contributed by atoms with van der Waals surface area (Å²) in [6, 6.07) is 7.17. The molecule has 4 nitrogen and oxygen atoms in total. The number of hydroxylamine groups is 2. The monoisotopic (exact) mass is 178 g/mol. The maximum atomic E-state index is 12.0. The predicted octanol–water partition coefficient (Wildman–Crippen LogP) is 1.16. The van der Waals surface area contributed by atoms with Crippen LogP contribution in [0.1, 0.15) is 0 Å². The molecule has 2 rings (SSSR count). The van der Waals surface area contributed by atoms with Crippen LogP contribution in [-0.2, 0) is 0 Å². The first-order chi connectivity index (χ1) is 6.26. The second-order valence-corrected chi connectivity index (χ2v) is 2.98. The lowest BCUT2D eigenvalue weighted by Crippen LogP contribution is -2.42. The number of nitrogens with zero attached hydrogens (tertiary/aromatic N) is 2. The number of quaternary nitrogens is 1. The normalized spacial score (nSPS) is 24.8. The molecule has 0 aliphatic carbocycles. The minimum atomic E-state index is -0.646. The van der Waals surface area contributed by atoms with Gasteiger partial charge in [0.1, 0.15) is 12.2 Å². The molecule has 1 unspecified atom stereocenters. The maximum absolute atomic E-state index is 12.0. The summed E-state index contributed by atoms with van der Waals surface area (Å²) in [4.78, 5) is 3.99. The van der Waals surface area contributed by atoms with Crippen molar-refractivity contribution in [1.29, 1.82) is 0 Å². The molecule has 1 atom stereocenters. The fraction of sp³-hybridized carbons (Fsp3) is 0.222. The second-order valence-electron chi connectivity index (χ2n) is 2.98. The summed E-state index contributed by atoms with van der Waals surface area (Å²) < 4.78 is -0.646. The van der Waals surface area contributed by atoms with Crippen LogP contribution in [0.5, 0.6) is 0 Å². The third-order valence-electron chi connectivity index (χ3n) is 2.11. The summed E-state index contributed by atoms with van der Waals surface area (Å²) in [6.45, 7) is -0.00956. The Morgan fingerprint density at radius 1 is 1.38 bits per heavy atom. The van der Waals surface area contributed by atoms with Crippen LogP contribution < -0.4 is 4.65 Å². The highest BCUT2D eigenvalue weighted by molar-refractivity contribution is 5.89. The van der Waals surface area contributed by atoms with E-state index in [4.69, 9.17) is 5.11 Å². The van der Waals surface area contributed by atoms with Gasteiger partial charge in [0.15, 0.2) is 12.0 Å². The zero-order valence-corrected chi connectivity index (χ0v) is 7.05. The van der Waals surface area contributed by atoms with Gasteiger partial charge in [-0.1, -0.05) is 12.1 Å². The number of para-hydroxylation sites is 2. The van der Waals surface area contributed by atoms with Crippen molar-refractivity contribution in [3.05, 3.63) is 29.5 Å². The molecule has 1 aromatic carbocycles. The van der Waals surface area contributed by atoms with Crippen molar-refractivity contribution in [2.45, 2.75) is 0 Å². The molecule has 0 amide bonds. The quantitative estimate of drug-likeness (QED) is 0.545. The Balaban J connectivity index is 2.42. The summed E-state index contributed by atoms with van der Waals surface area (Å²) in [7, 11) is 0. The molecule has 0 saturated carbocycles. The minimum Gasteiger partial charge on any atom is -0.621 e. The molecule has 0 bridgehead atoms. The molecule has 1 aromatic rings. The number of hydrogen-bond donors (Lipinski definition) is 1. The van der Waals surface area contributed by atoms with Gasteiger partial charge in [-0.3, -0.25) is 4.65 Å². The fourth-order valence-electron chi connectivity index (χ4n) is 1.44. The van der Waals surface area contributed by atoms with Crippen molar-refractivity contribution < 1.29 is 5.11 Å². The average Bonchev–Trinajstić information content (AvgIpc) is 2.46. The summed E-state index contributed by atoms with van der Waals surface area (Å²) in [5, 5.41) is 20.7. The Bertz CT molecular complexity index is 351. The molecule has 0 radical (unpaired) electrons. The molecule has 0 saturated heterocycles. The first-order valence-corrected chi connectivity index (χ1v) is 4.11. The molecule has 0 spiro atoms. The van der Waals surface area contributed by atoms with Crippen LogP contribution in [0.3, 0.4) is 0 Å². The summed E-state index contributed by atoms with van der Waals surface area (Å²) in [5.41, 5.74) is 1.31. The molecule has 0 aromatic heterocycles. The Kier molecular flexibility index (Phi) is 1.88. The van der Waals surface area contributed by atoms with E-state index in [-0.39, 0.29) is 13.2 Å². The van der Waals surface area contributed by atoms with Gasteiger partial charge in [0.25, 0.3) is 0 Å². The zero-order chi connectivity index (χ0) is 9.31. The van der Waals surface area contributed by atoms with E-state index in [1.165, 1.54) is 6.34 Å². The highest BCUT2D eigenvalue weighted by Crippen LogP contribution is 2.36. The first kappa shape index (κ1) is 8.37. The average molecular weight is 178 g/mol. The van der Waals surface area contributed by atoms with Gasteiger partial charge >= 0.3 is 0 Å². The lowest BCUT2D eigenvalue weighted by Gasteiger charge is -2.33.